The summed E-state index contributed by atoms with van der Waals surface area (Å²) in [6.45, 7) is 1.77. The Bertz CT molecular complexity index is 156. The van der Waals surface area contributed by atoms with Gasteiger partial charge in [0.2, 0.25) is 5.91 Å². The van der Waals surface area contributed by atoms with Crippen LogP contribution in [0.15, 0.2) is 0 Å². The van der Waals surface area contributed by atoms with Crippen LogP contribution >= 0.6 is 0 Å². The van der Waals surface area contributed by atoms with E-state index >= 15 is 0 Å². The molecule has 1 aliphatic heterocycles. The normalized spacial score (nSPS) is 18.5. The minimum Gasteiger partial charge on any atom is -0.381 e. The maximum Gasteiger partial charge on any atom is 0.233 e. The third-order valence-electron chi connectivity index (χ3n) is 2.52. The second kappa shape index (κ2) is 5.94. The molecular formula is C9H18N2O2. The summed E-state index contributed by atoms with van der Waals surface area (Å²) in [7, 11) is 0. The van der Waals surface area contributed by atoms with E-state index in [1.54, 1.807) is 0 Å². The molecule has 4 heteroatoms. The van der Waals surface area contributed by atoms with Gasteiger partial charge in [-0.2, -0.15) is 0 Å². The van der Waals surface area contributed by atoms with Gasteiger partial charge in [-0.3, -0.25) is 10.2 Å². The lowest BCUT2D eigenvalue weighted by Gasteiger charge is -2.21. The molecule has 0 radical (unpaired) electrons. The van der Waals surface area contributed by atoms with E-state index in [1.165, 1.54) is 0 Å². The van der Waals surface area contributed by atoms with Gasteiger partial charge >= 0.3 is 0 Å². The molecule has 0 aromatic heterocycles. The zero-order valence-corrected chi connectivity index (χ0v) is 7.92. The molecule has 4 nitrogen and oxygen atoms in total. The van der Waals surface area contributed by atoms with Gasteiger partial charge in [0.15, 0.2) is 0 Å². The fourth-order valence-corrected chi connectivity index (χ4v) is 1.66. The number of amides is 1. The first-order valence-electron chi connectivity index (χ1n) is 4.90. The smallest absolute Gasteiger partial charge is 0.233 e. The lowest BCUT2D eigenvalue weighted by atomic mass is 9.94. The third-order valence-corrected chi connectivity index (χ3v) is 2.52. The van der Waals surface area contributed by atoms with Crippen LogP contribution in [-0.4, -0.2) is 19.1 Å². The molecular weight excluding hydrogens is 168 g/mol. The highest BCUT2D eigenvalue weighted by molar-refractivity contribution is 5.75. The zero-order chi connectivity index (χ0) is 9.52. The second-order valence-electron chi connectivity index (χ2n) is 3.52. The molecule has 0 unspecified atom stereocenters. The highest BCUT2D eigenvalue weighted by Crippen LogP contribution is 2.20. The fourth-order valence-electron chi connectivity index (χ4n) is 1.66. The highest BCUT2D eigenvalue weighted by Gasteiger charge is 2.13. The van der Waals surface area contributed by atoms with Crippen LogP contribution in [0.25, 0.3) is 0 Å². The Kier molecular flexibility index (Phi) is 4.78. The molecule has 0 atom stereocenters. The van der Waals surface area contributed by atoms with Gasteiger partial charge in [0.25, 0.3) is 0 Å². The van der Waals surface area contributed by atoms with Gasteiger partial charge in [-0.25, -0.2) is 5.84 Å². The molecule has 1 aliphatic rings. The number of nitrogens with one attached hydrogen (secondary N) is 1. The molecule has 0 bridgehead atoms. The van der Waals surface area contributed by atoms with Gasteiger partial charge in [0.1, 0.15) is 0 Å². The van der Waals surface area contributed by atoms with Crippen molar-refractivity contribution in [2.45, 2.75) is 32.1 Å². The maximum absolute atomic E-state index is 10.8. The maximum atomic E-state index is 10.8. The van der Waals surface area contributed by atoms with Crippen molar-refractivity contribution in [1.82, 2.24) is 5.43 Å². The number of carbonyl (C=O) groups excluding carboxylic acids is 1. The lowest BCUT2D eigenvalue weighted by molar-refractivity contribution is -0.121. The number of nitrogens with two attached hydrogens (primary N) is 1. The summed E-state index contributed by atoms with van der Waals surface area (Å²) in [5.74, 6) is 5.66. The Labute approximate surface area is 78.8 Å². The molecule has 0 aromatic carbocycles. The Balaban J connectivity index is 2.01. The van der Waals surface area contributed by atoms with E-state index in [1.807, 2.05) is 0 Å². The van der Waals surface area contributed by atoms with E-state index in [9.17, 15) is 4.79 Å². The van der Waals surface area contributed by atoms with E-state index in [4.69, 9.17) is 10.6 Å². The first kappa shape index (κ1) is 10.5. The first-order valence-corrected chi connectivity index (χ1v) is 4.90. The number of rotatable bonds is 4. The van der Waals surface area contributed by atoms with E-state index in [0.29, 0.717) is 6.42 Å². The van der Waals surface area contributed by atoms with Crippen molar-refractivity contribution in [3.63, 3.8) is 0 Å². The van der Waals surface area contributed by atoms with E-state index in [2.05, 4.69) is 5.43 Å². The fraction of sp³-hybridized carbons (Fsp3) is 0.889. The predicted octanol–water partition coefficient (Wildman–Crippen LogP) is 0.573. The van der Waals surface area contributed by atoms with Gasteiger partial charge in [-0.1, -0.05) is 0 Å². The molecule has 13 heavy (non-hydrogen) atoms. The van der Waals surface area contributed by atoms with Crippen molar-refractivity contribution >= 4 is 5.91 Å². The molecule has 0 saturated carbocycles. The van der Waals surface area contributed by atoms with Gasteiger partial charge in [0.05, 0.1) is 0 Å². The summed E-state index contributed by atoms with van der Waals surface area (Å²) in [5, 5.41) is 0. The van der Waals surface area contributed by atoms with Crippen LogP contribution in [0.5, 0.6) is 0 Å². The molecule has 0 aliphatic carbocycles. The molecule has 1 rings (SSSR count). The van der Waals surface area contributed by atoms with Gasteiger partial charge in [0, 0.05) is 19.6 Å². The Hall–Kier alpha value is -0.610. The van der Waals surface area contributed by atoms with Gasteiger partial charge in [-0.05, 0) is 31.6 Å². The topological polar surface area (TPSA) is 64.3 Å². The minimum atomic E-state index is -0.0629. The average molecular weight is 186 g/mol. The summed E-state index contributed by atoms with van der Waals surface area (Å²) >= 11 is 0. The van der Waals surface area contributed by atoms with Crippen LogP contribution < -0.4 is 11.3 Å². The Morgan fingerprint density at radius 3 is 2.77 bits per heavy atom. The molecule has 0 aromatic rings. The van der Waals surface area contributed by atoms with Crippen molar-refractivity contribution in [3.05, 3.63) is 0 Å². The van der Waals surface area contributed by atoms with E-state index in [-0.39, 0.29) is 5.91 Å². The summed E-state index contributed by atoms with van der Waals surface area (Å²) in [6, 6.07) is 0. The summed E-state index contributed by atoms with van der Waals surface area (Å²) in [6.07, 6.45) is 4.90. The van der Waals surface area contributed by atoms with Crippen LogP contribution in [0.4, 0.5) is 0 Å². The number of hydrogen-bond donors (Lipinski definition) is 2. The van der Waals surface area contributed by atoms with Crippen LogP contribution in [-0.2, 0) is 9.53 Å². The number of carbonyl (C=O) groups is 1. The average Bonchev–Trinajstić information content (AvgIpc) is 2.19. The largest absolute Gasteiger partial charge is 0.381 e. The Morgan fingerprint density at radius 2 is 2.15 bits per heavy atom. The van der Waals surface area contributed by atoms with Crippen molar-refractivity contribution in [2.75, 3.05) is 13.2 Å². The van der Waals surface area contributed by atoms with Crippen LogP contribution in [0.3, 0.4) is 0 Å². The van der Waals surface area contributed by atoms with Crippen LogP contribution in [0.1, 0.15) is 32.1 Å². The predicted molar refractivity (Wildman–Crippen MR) is 49.7 cm³/mol. The molecule has 1 heterocycles. The molecule has 0 spiro atoms. The third kappa shape index (κ3) is 4.24. The van der Waals surface area contributed by atoms with Crippen LogP contribution in [0, 0.1) is 5.92 Å². The van der Waals surface area contributed by atoms with Crippen LogP contribution in [0.2, 0.25) is 0 Å². The Morgan fingerprint density at radius 1 is 1.46 bits per heavy atom. The van der Waals surface area contributed by atoms with Gasteiger partial charge < -0.3 is 4.74 Å². The molecule has 1 fully saturated rings. The van der Waals surface area contributed by atoms with Crippen molar-refractivity contribution in [1.29, 1.82) is 0 Å². The number of hydrogen-bond acceptors (Lipinski definition) is 3. The SMILES string of the molecule is NNC(=O)CCCC1CCOCC1. The van der Waals surface area contributed by atoms with E-state index < -0.39 is 0 Å². The number of ether oxygens (including phenoxy) is 1. The standard InChI is InChI=1S/C9H18N2O2/c10-11-9(12)3-1-2-8-4-6-13-7-5-8/h8H,1-7,10H2,(H,11,12). The zero-order valence-electron chi connectivity index (χ0n) is 7.92. The highest BCUT2D eigenvalue weighted by atomic mass is 16.5. The lowest BCUT2D eigenvalue weighted by Crippen LogP contribution is -2.29. The minimum absolute atomic E-state index is 0.0629. The van der Waals surface area contributed by atoms with E-state index in [0.717, 1.165) is 44.8 Å². The molecule has 76 valence electrons. The molecule has 1 amide bonds. The van der Waals surface area contributed by atoms with Crippen molar-refractivity contribution in [3.8, 4) is 0 Å². The second-order valence-corrected chi connectivity index (χ2v) is 3.52. The van der Waals surface area contributed by atoms with Crippen molar-refractivity contribution in [2.24, 2.45) is 11.8 Å². The van der Waals surface area contributed by atoms with Crippen molar-refractivity contribution < 1.29 is 9.53 Å². The van der Waals surface area contributed by atoms with Gasteiger partial charge in [-0.15, -0.1) is 0 Å². The quantitative estimate of drug-likeness (QED) is 0.383. The number of hydrazine groups is 1. The molecule has 1 saturated heterocycles. The first-order chi connectivity index (χ1) is 6.33. The molecule has 3 N–H and O–H groups in total. The monoisotopic (exact) mass is 186 g/mol. The summed E-state index contributed by atoms with van der Waals surface area (Å²) in [4.78, 5) is 10.8. The summed E-state index contributed by atoms with van der Waals surface area (Å²) < 4.78 is 5.25. The summed E-state index contributed by atoms with van der Waals surface area (Å²) in [5.41, 5.74) is 2.14.